The molecule has 0 unspecified atom stereocenters. The minimum Gasteiger partial charge on any atom is -0.345 e. The lowest BCUT2D eigenvalue weighted by Crippen LogP contribution is -2.29. The average molecular weight is 466 g/mol. The number of aromatic amines is 1. The van der Waals surface area contributed by atoms with Gasteiger partial charge < -0.3 is 10.3 Å². The summed E-state index contributed by atoms with van der Waals surface area (Å²) in [4.78, 5) is 7.25. The molecule has 4 aromatic rings. The van der Waals surface area contributed by atoms with E-state index in [9.17, 15) is 13.2 Å². The molecule has 0 atom stereocenters. The first kappa shape index (κ1) is 23.1. The second-order valence-electron chi connectivity index (χ2n) is 7.46. The minimum atomic E-state index is -0.820. The molecule has 162 valence electrons. The van der Waals surface area contributed by atoms with Crippen molar-refractivity contribution in [3.8, 4) is 11.1 Å². The van der Waals surface area contributed by atoms with Crippen molar-refractivity contribution in [2.24, 2.45) is 0 Å². The van der Waals surface area contributed by atoms with Crippen LogP contribution in [0.3, 0.4) is 0 Å². The van der Waals surface area contributed by atoms with Crippen LogP contribution in [0.15, 0.2) is 54.9 Å². The Hall–Kier alpha value is -2.54. The number of nitrogens with one attached hydrogen (secondary N) is 2. The van der Waals surface area contributed by atoms with E-state index >= 15 is 0 Å². The van der Waals surface area contributed by atoms with Gasteiger partial charge in [0.1, 0.15) is 5.82 Å². The molecule has 0 saturated carbocycles. The number of hydrogen-bond donors (Lipinski definition) is 2. The number of nitrogens with zero attached hydrogens (tertiary/aromatic N) is 1. The third-order valence-electron chi connectivity index (χ3n) is 5.56. The van der Waals surface area contributed by atoms with Crippen molar-refractivity contribution in [1.29, 1.82) is 0 Å². The second kappa shape index (κ2) is 9.30. The zero-order chi connectivity index (χ0) is 20.0. The van der Waals surface area contributed by atoms with Crippen molar-refractivity contribution in [1.82, 2.24) is 15.3 Å². The van der Waals surface area contributed by atoms with Gasteiger partial charge in [-0.25, -0.2) is 18.2 Å². The minimum absolute atomic E-state index is 0. The van der Waals surface area contributed by atoms with Gasteiger partial charge in [0.15, 0.2) is 11.6 Å². The molecule has 0 bridgehead atoms. The molecule has 1 aliphatic rings. The predicted octanol–water partition coefficient (Wildman–Crippen LogP) is 5.75. The summed E-state index contributed by atoms with van der Waals surface area (Å²) in [5.74, 6) is -1.92. The van der Waals surface area contributed by atoms with E-state index in [1.54, 1.807) is 12.4 Å². The Bertz CT molecular complexity index is 1200. The SMILES string of the molecule is Cl.Cl.Fc1cc2c(cc1F)CC(NCc1ccc(-c3ccc4nc[nH]c4c3)cc1F)C2. The van der Waals surface area contributed by atoms with Gasteiger partial charge in [0.25, 0.3) is 0 Å². The van der Waals surface area contributed by atoms with Crippen LogP contribution in [0.4, 0.5) is 13.2 Å². The van der Waals surface area contributed by atoms with E-state index in [0.29, 0.717) is 24.9 Å². The van der Waals surface area contributed by atoms with Gasteiger partial charge in [0.2, 0.25) is 0 Å². The fourth-order valence-electron chi connectivity index (χ4n) is 4.00. The highest BCUT2D eigenvalue weighted by Gasteiger charge is 2.23. The Morgan fingerprint density at radius 2 is 1.48 bits per heavy atom. The first-order chi connectivity index (χ1) is 14.1. The van der Waals surface area contributed by atoms with Crippen LogP contribution in [0, 0.1) is 17.5 Å². The number of rotatable bonds is 4. The van der Waals surface area contributed by atoms with Gasteiger partial charge in [-0.05, 0) is 65.4 Å². The highest BCUT2D eigenvalue weighted by molar-refractivity contribution is 5.85. The molecule has 0 fully saturated rings. The molecule has 1 aromatic heterocycles. The van der Waals surface area contributed by atoms with Gasteiger partial charge in [-0.2, -0.15) is 0 Å². The van der Waals surface area contributed by atoms with Crippen molar-refractivity contribution in [3.05, 3.63) is 89.0 Å². The lowest BCUT2D eigenvalue weighted by atomic mass is 10.0. The van der Waals surface area contributed by atoms with Crippen molar-refractivity contribution in [3.63, 3.8) is 0 Å². The third-order valence-corrected chi connectivity index (χ3v) is 5.56. The maximum atomic E-state index is 14.7. The summed E-state index contributed by atoms with van der Waals surface area (Å²) < 4.78 is 41.5. The average Bonchev–Trinajstić information content (AvgIpc) is 3.33. The molecule has 8 heteroatoms. The van der Waals surface area contributed by atoms with Crippen LogP contribution in [0.25, 0.3) is 22.2 Å². The summed E-state index contributed by atoms with van der Waals surface area (Å²) in [6.45, 7) is 0.356. The van der Waals surface area contributed by atoms with E-state index in [0.717, 1.165) is 33.3 Å². The summed E-state index contributed by atoms with van der Waals surface area (Å²) >= 11 is 0. The van der Waals surface area contributed by atoms with E-state index in [1.807, 2.05) is 24.3 Å². The van der Waals surface area contributed by atoms with Crippen LogP contribution in [0.2, 0.25) is 0 Å². The molecule has 2 N–H and O–H groups in total. The quantitative estimate of drug-likeness (QED) is 0.402. The monoisotopic (exact) mass is 465 g/mol. The molecule has 0 radical (unpaired) electrons. The summed E-state index contributed by atoms with van der Waals surface area (Å²) in [6.07, 6.45) is 2.85. The normalized spacial score (nSPS) is 13.0. The Balaban J connectivity index is 0.00000136. The molecule has 0 aliphatic heterocycles. The molecule has 1 heterocycles. The van der Waals surface area contributed by atoms with Crippen molar-refractivity contribution in [2.75, 3.05) is 0 Å². The molecule has 0 amide bonds. The van der Waals surface area contributed by atoms with Crippen LogP contribution < -0.4 is 5.32 Å². The highest BCUT2D eigenvalue weighted by atomic mass is 35.5. The fourth-order valence-corrected chi connectivity index (χ4v) is 4.00. The van der Waals surface area contributed by atoms with E-state index in [4.69, 9.17) is 0 Å². The third kappa shape index (κ3) is 4.56. The Morgan fingerprint density at radius 3 is 2.16 bits per heavy atom. The molecule has 0 spiro atoms. The molecule has 3 aromatic carbocycles. The molecule has 1 aliphatic carbocycles. The maximum Gasteiger partial charge on any atom is 0.159 e. The number of benzene rings is 3. The molecule has 31 heavy (non-hydrogen) atoms. The van der Waals surface area contributed by atoms with Crippen molar-refractivity contribution >= 4 is 35.8 Å². The molecular formula is C23H20Cl2F3N3. The van der Waals surface area contributed by atoms with E-state index in [1.165, 1.54) is 18.2 Å². The first-order valence-electron chi connectivity index (χ1n) is 9.49. The first-order valence-corrected chi connectivity index (χ1v) is 9.49. The smallest absolute Gasteiger partial charge is 0.159 e. The van der Waals surface area contributed by atoms with Crippen LogP contribution in [0.5, 0.6) is 0 Å². The van der Waals surface area contributed by atoms with Crippen LogP contribution in [-0.2, 0) is 19.4 Å². The van der Waals surface area contributed by atoms with E-state index in [2.05, 4.69) is 15.3 Å². The number of halogens is 5. The number of aromatic nitrogens is 2. The zero-order valence-electron chi connectivity index (χ0n) is 16.3. The van der Waals surface area contributed by atoms with Gasteiger partial charge in [-0.3, -0.25) is 0 Å². The van der Waals surface area contributed by atoms with Crippen LogP contribution in [-0.4, -0.2) is 16.0 Å². The lowest BCUT2D eigenvalue weighted by Gasteiger charge is -2.13. The maximum absolute atomic E-state index is 14.7. The summed E-state index contributed by atoms with van der Waals surface area (Å²) in [6, 6.07) is 13.5. The number of imidazole rings is 1. The Morgan fingerprint density at radius 1 is 0.839 bits per heavy atom. The fraction of sp³-hybridized carbons (Fsp3) is 0.174. The summed E-state index contributed by atoms with van der Waals surface area (Å²) in [5, 5.41) is 3.31. The highest BCUT2D eigenvalue weighted by Crippen LogP contribution is 2.27. The van der Waals surface area contributed by atoms with Gasteiger partial charge in [0, 0.05) is 18.2 Å². The standard InChI is InChI=1S/C23H18F3N3.2ClH/c24-19-7-13(14-3-4-22-23(10-14)29-12-28-22)1-2-15(19)11-27-18-5-16-8-20(25)21(26)9-17(16)6-18;;/h1-4,7-10,12,18,27H,5-6,11H2,(H,28,29);2*1H. The number of H-pyrrole nitrogens is 1. The lowest BCUT2D eigenvalue weighted by molar-refractivity contribution is 0.507. The van der Waals surface area contributed by atoms with Gasteiger partial charge in [-0.15, -0.1) is 24.8 Å². The Kier molecular flexibility index (Phi) is 6.94. The topological polar surface area (TPSA) is 40.7 Å². The van der Waals surface area contributed by atoms with E-state index in [-0.39, 0.29) is 36.7 Å². The molecule has 0 saturated heterocycles. The van der Waals surface area contributed by atoms with Crippen LogP contribution >= 0.6 is 24.8 Å². The van der Waals surface area contributed by atoms with Crippen LogP contribution in [0.1, 0.15) is 16.7 Å². The predicted molar refractivity (Wildman–Crippen MR) is 120 cm³/mol. The Labute approximate surface area is 189 Å². The largest absolute Gasteiger partial charge is 0.345 e. The molecule has 3 nitrogen and oxygen atoms in total. The summed E-state index contributed by atoms with van der Waals surface area (Å²) in [5.41, 5.74) is 5.66. The molecule has 5 rings (SSSR count). The van der Waals surface area contributed by atoms with E-state index < -0.39 is 11.6 Å². The van der Waals surface area contributed by atoms with Crippen molar-refractivity contribution < 1.29 is 13.2 Å². The second-order valence-corrected chi connectivity index (χ2v) is 7.46. The summed E-state index contributed by atoms with van der Waals surface area (Å²) in [7, 11) is 0. The van der Waals surface area contributed by atoms with Gasteiger partial charge >= 0.3 is 0 Å². The van der Waals surface area contributed by atoms with Crippen molar-refractivity contribution in [2.45, 2.75) is 25.4 Å². The van der Waals surface area contributed by atoms with Gasteiger partial charge in [0.05, 0.1) is 17.4 Å². The number of fused-ring (bicyclic) bond motifs is 2. The number of hydrogen-bond acceptors (Lipinski definition) is 2. The molecular weight excluding hydrogens is 446 g/mol. The van der Waals surface area contributed by atoms with Gasteiger partial charge in [-0.1, -0.05) is 18.2 Å². The zero-order valence-corrected chi connectivity index (χ0v) is 17.9.